The molecule has 1 aliphatic rings. The summed E-state index contributed by atoms with van der Waals surface area (Å²) in [6.07, 6.45) is 1.27. The zero-order valence-electron chi connectivity index (χ0n) is 13.7. The third kappa shape index (κ3) is 3.05. The molecule has 0 unspecified atom stereocenters. The molecule has 6 nitrogen and oxygen atoms in total. The molecule has 0 radical (unpaired) electrons. The van der Waals surface area contributed by atoms with E-state index in [2.05, 4.69) is 0 Å². The first-order chi connectivity index (χ1) is 11.4. The lowest BCUT2D eigenvalue weighted by Gasteiger charge is -2.18. The Labute approximate surface area is 140 Å². The van der Waals surface area contributed by atoms with Gasteiger partial charge in [-0.15, -0.1) is 0 Å². The van der Waals surface area contributed by atoms with Gasteiger partial charge in [-0.3, -0.25) is 10.1 Å². The van der Waals surface area contributed by atoms with Crippen LogP contribution < -0.4 is 15.2 Å². The van der Waals surface area contributed by atoms with Gasteiger partial charge in [0.15, 0.2) is 11.5 Å². The van der Waals surface area contributed by atoms with Crippen molar-refractivity contribution in [3.8, 4) is 17.2 Å². The van der Waals surface area contributed by atoms with Crippen molar-refractivity contribution in [2.45, 2.75) is 32.3 Å². The van der Waals surface area contributed by atoms with E-state index in [1.54, 1.807) is 18.2 Å². The molecule has 0 atom stereocenters. The number of fused-ring (bicyclic) bond motifs is 1. The van der Waals surface area contributed by atoms with Gasteiger partial charge in [0.1, 0.15) is 5.60 Å². The normalized spacial score (nSPS) is 14.8. The van der Waals surface area contributed by atoms with Crippen LogP contribution in [0.5, 0.6) is 17.2 Å². The van der Waals surface area contributed by atoms with Crippen molar-refractivity contribution in [2.75, 3.05) is 6.54 Å². The van der Waals surface area contributed by atoms with Crippen LogP contribution in [0.2, 0.25) is 0 Å². The summed E-state index contributed by atoms with van der Waals surface area (Å²) >= 11 is 0. The van der Waals surface area contributed by atoms with Crippen molar-refractivity contribution in [2.24, 2.45) is 5.73 Å². The second-order valence-electron chi connectivity index (χ2n) is 6.45. The van der Waals surface area contributed by atoms with Gasteiger partial charge in [-0.2, -0.15) is 0 Å². The number of hydrogen-bond acceptors (Lipinski definition) is 5. The molecule has 0 spiro atoms. The van der Waals surface area contributed by atoms with Gasteiger partial charge in [-0.05, 0) is 32.9 Å². The van der Waals surface area contributed by atoms with E-state index in [9.17, 15) is 10.1 Å². The second-order valence-corrected chi connectivity index (χ2v) is 6.45. The Morgan fingerprint density at radius 2 is 2.04 bits per heavy atom. The van der Waals surface area contributed by atoms with Crippen molar-refractivity contribution in [1.29, 1.82) is 0 Å². The molecule has 24 heavy (non-hydrogen) atoms. The molecular weight excluding hydrogens is 308 g/mol. The van der Waals surface area contributed by atoms with E-state index < -0.39 is 4.92 Å². The lowest BCUT2D eigenvalue weighted by atomic mass is 10.0. The Balaban J connectivity index is 2.04. The molecule has 126 valence electrons. The zero-order chi connectivity index (χ0) is 17.3. The van der Waals surface area contributed by atoms with E-state index in [-0.39, 0.29) is 17.0 Å². The van der Waals surface area contributed by atoms with E-state index in [4.69, 9.17) is 15.2 Å². The first kappa shape index (κ1) is 16.3. The van der Waals surface area contributed by atoms with Crippen molar-refractivity contribution in [3.63, 3.8) is 0 Å². The molecule has 2 aromatic carbocycles. The van der Waals surface area contributed by atoms with Crippen LogP contribution in [0.1, 0.15) is 25.0 Å². The van der Waals surface area contributed by atoms with E-state index >= 15 is 0 Å². The van der Waals surface area contributed by atoms with Crippen LogP contribution in [-0.2, 0) is 12.8 Å². The van der Waals surface area contributed by atoms with Gasteiger partial charge in [0.25, 0.3) is 0 Å². The maximum Gasteiger partial charge on any atom is 0.311 e. The van der Waals surface area contributed by atoms with Gasteiger partial charge in [-0.1, -0.05) is 24.3 Å². The van der Waals surface area contributed by atoms with Gasteiger partial charge in [0.05, 0.1) is 4.92 Å². The molecule has 0 amide bonds. The van der Waals surface area contributed by atoms with Gasteiger partial charge in [-0.25, -0.2) is 0 Å². The van der Waals surface area contributed by atoms with E-state index in [0.717, 1.165) is 12.0 Å². The van der Waals surface area contributed by atoms with Crippen LogP contribution in [0.3, 0.4) is 0 Å². The first-order valence-corrected chi connectivity index (χ1v) is 7.86. The van der Waals surface area contributed by atoms with Crippen molar-refractivity contribution in [3.05, 3.63) is 57.6 Å². The third-order valence-corrected chi connectivity index (χ3v) is 3.95. The molecule has 6 heteroatoms. The number of ether oxygens (including phenoxy) is 2. The van der Waals surface area contributed by atoms with Crippen molar-refractivity contribution < 1.29 is 14.4 Å². The number of nitro groups is 1. The Hall–Kier alpha value is -2.60. The summed E-state index contributed by atoms with van der Waals surface area (Å²) in [5.41, 5.74) is 6.98. The fourth-order valence-corrected chi connectivity index (χ4v) is 2.96. The smallest absolute Gasteiger partial charge is 0.311 e. The van der Waals surface area contributed by atoms with E-state index in [0.29, 0.717) is 30.0 Å². The quantitative estimate of drug-likeness (QED) is 0.669. The predicted molar refractivity (Wildman–Crippen MR) is 90.8 cm³/mol. The number of rotatable bonds is 5. The maximum atomic E-state index is 11.4. The summed E-state index contributed by atoms with van der Waals surface area (Å²) in [5.74, 6) is 1.37. The van der Waals surface area contributed by atoms with Gasteiger partial charge in [0, 0.05) is 23.6 Å². The first-order valence-electron chi connectivity index (χ1n) is 7.86. The van der Waals surface area contributed by atoms with Crippen LogP contribution in [-0.4, -0.2) is 17.1 Å². The summed E-state index contributed by atoms with van der Waals surface area (Å²) in [6, 6.07) is 10.5. The Bertz CT molecular complexity index is 787. The number of nitrogens with two attached hydrogens (primary N) is 1. The summed E-state index contributed by atoms with van der Waals surface area (Å²) in [5, 5.41) is 11.4. The maximum absolute atomic E-state index is 11.4. The summed E-state index contributed by atoms with van der Waals surface area (Å²) in [4.78, 5) is 10.9. The predicted octanol–water partition coefficient (Wildman–Crippen LogP) is 3.60. The van der Waals surface area contributed by atoms with Crippen LogP contribution in [0.25, 0.3) is 0 Å². The molecule has 0 aromatic heterocycles. The Kier molecular flexibility index (Phi) is 4.15. The molecule has 0 aliphatic carbocycles. The highest BCUT2D eigenvalue weighted by atomic mass is 16.6. The zero-order valence-corrected chi connectivity index (χ0v) is 13.7. The highest BCUT2D eigenvalue weighted by Gasteiger charge is 2.33. The number of nitrogens with zero attached hydrogens (tertiary/aromatic N) is 1. The summed E-state index contributed by atoms with van der Waals surface area (Å²) in [6.45, 7) is 4.39. The minimum atomic E-state index is -0.441. The second kappa shape index (κ2) is 6.13. The molecule has 2 N–H and O–H groups in total. The average Bonchev–Trinajstić information content (AvgIpc) is 2.84. The summed E-state index contributed by atoms with van der Waals surface area (Å²) in [7, 11) is 0. The van der Waals surface area contributed by atoms with Crippen LogP contribution in [0.15, 0.2) is 36.4 Å². The standard InChI is InChI=1S/C18H20N2O4/c1-18(2)11-13-6-4-8-15(17(13)24-18)23-16-12(9-10-19)5-3-7-14(16)20(21)22/h3-8H,9-11,19H2,1-2H3. The molecule has 0 fully saturated rings. The lowest BCUT2D eigenvalue weighted by molar-refractivity contribution is -0.385. The summed E-state index contributed by atoms with van der Waals surface area (Å²) < 4.78 is 11.9. The minimum Gasteiger partial charge on any atom is -0.483 e. The van der Waals surface area contributed by atoms with Crippen molar-refractivity contribution >= 4 is 5.69 Å². The molecule has 1 heterocycles. The van der Waals surface area contributed by atoms with Crippen LogP contribution in [0.4, 0.5) is 5.69 Å². The van der Waals surface area contributed by atoms with Crippen LogP contribution in [0, 0.1) is 10.1 Å². The van der Waals surface area contributed by atoms with Gasteiger partial charge in [0.2, 0.25) is 5.75 Å². The SMILES string of the molecule is CC1(C)Cc2cccc(Oc3c(CCN)cccc3[N+](=O)[O-])c2O1. The number of hydrogen-bond donors (Lipinski definition) is 1. The highest BCUT2D eigenvalue weighted by Crippen LogP contribution is 2.45. The number of benzene rings is 2. The molecule has 0 saturated carbocycles. The van der Waals surface area contributed by atoms with Gasteiger partial charge < -0.3 is 15.2 Å². The third-order valence-electron chi connectivity index (χ3n) is 3.95. The van der Waals surface area contributed by atoms with Gasteiger partial charge >= 0.3 is 5.69 Å². The largest absolute Gasteiger partial charge is 0.483 e. The van der Waals surface area contributed by atoms with Crippen LogP contribution >= 0.6 is 0 Å². The number of para-hydroxylation sites is 2. The highest BCUT2D eigenvalue weighted by molar-refractivity contribution is 5.57. The average molecular weight is 328 g/mol. The molecule has 3 rings (SSSR count). The Morgan fingerprint density at radius 1 is 1.29 bits per heavy atom. The number of nitro benzene ring substituents is 1. The molecule has 0 saturated heterocycles. The fraction of sp³-hybridized carbons (Fsp3) is 0.333. The topological polar surface area (TPSA) is 87.6 Å². The van der Waals surface area contributed by atoms with E-state index in [1.165, 1.54) is 6.07 Å². The molecule has 2 aromatic rings. The lowest BCUT2D eigenvalue weighted by Crippen LogP contribution is -2.24. The molecule has 0 bridgehead atoms. The monoisotopic (exact) mass is 328 g/mol. The van der Waals surface area contributed by atoms with E-state index in [1.807, 2.05) is 26.0 Å². The molecular formula is C18H20N2O4. The minimum absolute atomic E-state index is 0.0733. The molecule has 1 aliphatic heterocycles. The van der Waals surface area contributed by atoms with Crippen molar-refractivity contribution in [1.82, 2.24) is 0 Å². The fourth-order valence-electron chi connectivity index (χ4n) is 2.96. The Morgan fingerprint density at radius 3 is 2.75 bits per heavy atom.